The van der Waals surface area contributed by atoms with Gasteiger partial charge >= 0.3 is 0 Å². The largest absolute Gasteiger partial charge is 0.293 e. The second-order valence-corrected chi connectivity index (χ2v) is 7.44. The van der Waals surface area contributed by atoms with Gasteiger partial charge in [0.2, 0.25) is 0 Å². The van der Waals surface area contributed by atoms with Crippen LogP contribution in [0.4, 0.5) is 4.39 Å². The van der Waals surface area contributed by atoms with E-state index in [4.69, 9.17) is 12.2 Å². The number of thioether (sulfide) groups is 1. The van der Waals surface area contributed by atoms with Gasteiger partial charge in [0.05, 0.1) is 4.91 Å². The number of thiocarbonyl (C=S) groups is 1. The van der Waals surface area contributed by atoms with E-state index in [0.717, 1.165) is 18.4 Å². The minimum Gasteiger partial charge on any atom is -0.293 e. The molecule has 0 spiro atoms. The maximum Gasteiger partial charge on any atom is 0.266 e. The van der Waals surface area contributed by atoms with Gasteiger partial charge in [0.15, 0.2) is 0 Å². The second-order valence-electron chi connectivity index (χ2n) is 5.76. The summed E-state index contributed by atoms with van der Waals surface area (Å²) in [4.78, 5) is 14.9. The zero-order valence-corrected chi connectivity index (χ0v) is 15.2. The molecule has 1 aromatic rings. The Balaban J connectivity index is 2.08. The predicted molar refractivity (Wildman–Crippen MR) is 99.6 cm³/mol. The highest BCUT2D eigenvalue weighted by atomic mass is 32.2. The summed E-state index contributed by atoms with van der Waals surface area (Å²) in [6.07, 6.45) is 6.30. The summed E-state index contributed by atoms with van der Waals surface area (Å²) < 4.78 is 13.6. The number of unbranched alkanes of at least 4 members (excludes halogenated alkanes) is 1. The third-order valence-corrected chi connectivity index (χ3v) is 5.40. The molecule has 1 aliphatic heterocycles. The fraction of sp³-hybridized carbons (Fsp3) is 0.444. The first kappa shape index (κ1) is 18.1. The van der Waals surface area contributed by atoms with Gasteiger partial charge in [-0.05, 0) is 36.1 Å². The molecule has 1 saturated heterocycles. The summed E-state index contributed by atoms with van der Waals surface area (Å²) in [5.41, 5.74) is 0.810. The molecule has 0 radical (unpaired) electrons. The number of hydrogen-bond acceptors (Lipinski definition) is 3. The summed E-state index contributed by atoms with van der Waals surface area (Å²) in [5.74, 6) is 0.179. The van der Waals surface area contributed by atoms with Crippen molar-refractivity contribution < 1.29 is 9.18 Å². The van der Waals surface area contributed by atoms with Crippen molar-refractivity contribution in [3.8, 4) is 0 Å². The molecule has 0 aromatic heterocycles. The molecule has 1 atom stereocenters. The average Bonchev–Trinajstić information content (AvgIpc) is 2.80. The lowest BCUT2D eigenvalue weighted by Crippen LogP contribution is -2.33. The molecule has 5 heteroatoms. The van der Waals surface area contributed by atoms with Crippen LogP contribution >= 0.6 is 24.0 Å². The Kier molecular flexibility index (Phi) is 6.78. The van der Waals surface area contributed by atoms with E-state index in [1.165, 1.54) is 36.7 Å². The minimum absolute atomic E-state index is 0.0285. The van der Waals surface area contributed by atoms with Gasteiger partial charge in [-0.3, -0.25) is 9.69 Å². The molecule has 0 bridgehead atoms. The zero-order chi connectivity index (χ0) is 16.8. The lowest BCUT2D eigenvalue weighted by atomic mass is 9.99. The second kappa shape index (κ2) is 8.60. The summed E-state index contributed by atoms with van der Waals surface area (Å²) in [7, 11) is 0. The van der Waals surface area contributed by atoms with E-state index in [9.17, 15) is 9.18 Å². The molecule has 2 nitrogen and oxygen atoms in total. The van der Waals surface area contributed by atoms with Crippen molar-refractivity contribution >= 4 is 40.3 Å². The van der Waals surface area contributed by atoms with Crippen molar-refractivity contribution in [2.75, 3.05) is 6.54 Å². The van der Waals surface area contributed by atoms with Gasteiger partial charge in [0.1, 0.15) is 10.1 Å². The molecule has 1 fully saturated rings. The Labute approximate surface area is 147 Å². The van der Waals surface area contributed by atoms with E-state index in [2.05, 4.69) is 13.8 Å². The molecule has 0 N–H and O–H groups in total. The number of benzene rings is 1. The quantitative estimate of drug-likeness (QED) is 0.495. The van der Waals surface area contributed by atoms with E-state index in [0.29, 0.717) is 21.7 Å². The Morgan fingerprint density at radius 3 is 2.61 bits per heavy atom. The predicted octanol–water partition coefficient (Wildman–Crippen LogP) is 5.24. The van der Waals surface area contributed by atoms with Gasteiger partial charge in [-0.25, -0.2) is 4.39 Å². The van der Waals surface area contributed by atoms with Crippen LogP contribution in [0.25, 0.3) is 6.08 Å². The summed E-state index contributed by atoms with van der Waals surface area (Å²) in [5, 5.41) is 0. The van der Waals surface area contributed by atoms with E-state index in [-0.39, 0.29) is 11.7 Å². The van der Waals surface area contributed by atoms with Crippen molar-refractivity contribution in [2.24, 2.45) is 5.92 Å². The zero-order valence-electron chi connectivity index (χ0n) is 13.5. The first-order valence-electron chi connectivity index (χ1n) is 8.06. The summed E-state index contributed by atoms with van der Waals surface area (Å²) in [6.45, 7) is 5.03. The molecule has 23 heavy (non-hydrogen) atoms. The van der Waals surface area contributed by atoms with Crippen molar-refractivity contribution in [3.05, 3.63) is 40.6 Å². The molecule has 2 rings (SSSR count). The van der Waals surface area contributed by atoms with Gasteiger partial charge in [-0.1, -0.05) is 69.2 Å². The monoisotopic (exact) mass is 351 g/mol. The molecule has 124 valence electrons. The first-order chi connectivity index (χ1) is 11.0. The number of carbonyl (C=O) groups is 1. The highest BCUT2D eigenvalue weighted by Crippen LogP contribution is 2.33. The van der Waals surface area contributed by atoms with Crippen LogP contribution < -0.4 is 0 Å². The molecule has 0 saturated carbocycles. The lowest BCUT2D eigenvalue weighted by molar-refractivity contribution is -0.122. The van der Waals surface area contributed by atoms with Crippen LogP contribution in [0.2, 0.25) is 0 Å². The van der Waals surface area contributed by atoms with Crippen LogP contribution in [0.5, 0.6) is 0 Å². The highest BCUT2D eigenvalue weighted by molar-refractivity contribution is 8.26. The van der Waals surface area contributed by atoms with Crippen LogP contribution in [0.1, 0.15) is 45.1 Å². The van der Waals surface area contributed by atoms with Crippen LogP contribution in [0.15, 0.2) is 29.2 Å². The van der Waals surface area contributed by atoms with Gasteiger partial charge in [0, 0.05) is 6.54 Å². The van der Waals surface area contributed by atoms with Crippen LogP contribution in [-0.2, 0) is 4.79 Å². The lowest BCUT2D eigenvalue weighted by Gasteiger charge is -2.21. The number of rotatable bonds is 7. The third kappa shape index (κ3) is 4.88. The highest BCUT2D eigenvalue weighted by Gasteiger charge is 2.33. The Morgan fingerprint density at radius 1 is 1.30 bits per heavy atom. The number of hydrogen-bond donors (Lipinski definition) is 0. The standard InChI is InChI=1S/C18H22FNOS2/c1-3-5-6-13(4-2)12-20-17(21)16(23-18(20)22)11-14-7-9-15(19)10-8-14/h7-11,13H,3-6,12H2,1-2H3/b16-11-. The third-order valence-electron chi connectivity index (χ3n) is 4.03. The van der Waals surface area contributed by atoms with E-state index in [1.807, 2.05) is 0 Å². The minimum atomic E-state index is -0.281. The maximum atomic E-state index is 13.0. The molecule has 0 aliphatic carbocycles. The number of halogens is 1. The van der Waals surface area contributed by atoms with E-state index in [1.54, 1.807) is 23.1 Å². The van der Waals surface area contributed by atoms with E-state index < -0.39 is 0 Å². The summed E-state index contributed by atoms with van der Waals surface area (Å²) >= 11 is 6.71. The van der Waals surface area contributed by atoms with Crippen LogP contribution in [0.3, 0.4) is 0 Å². The molecule has 1 heterocycles. The number of nitrogens with zero attached hydrogens (tertiary/aromatic N) is 1. The van der Waals surface area contributed by atoms with Crippen molar-refractivity contribution in [1.82, 2.24) is 4.90 Å². The fourth-order valence-electron chi connectivity index (χ4n) is 2.54. The van der Waals surface area contributed by atoms with Crippen molar-refractivity contribution in [3.63, 3.8) is 0 Å². The van der Waals surface area contributed by atoms with Crippen LogP contribution in [0, 0.1) is 11.7 Å². The van der Waals surface area contributed by atoms with Crippen LogP contribution in [-0.4, -0.2) is 21.7 Å². The first-order valence-corrected chi connectivity index (χ1v) is 9.28. The van der Waals surface area contributed by atoms with Crippen molar-refractivity contribution in [1.29, 1.82) is 0 Å². The molecule has 1 aromatic carbocycles. The summed E-state index contributed by atoms with van der Waals surface area (Å²) in [6, 6.07) is 6.12. The molecule has 1 amide bonds. The number of amides is 1. The fourth-order valence-corrected chi connectivity index (χ4v) is 3.82. The van der Waals surface area contributed by atoms with Gasteiger partial charge in [-0.15, -0.1) is 0 Å². The molecular formula is C18H22FNOS2. The smallest absolute Gasteiger partial charge is 0.266 e. The molecule has 1 unspecified atom stereocenters. The Bertz CT molecular complexity index is 598. The Hall–Kier alpha value is -1.20. The average molecular weight is 352 g/mol. The van der Waals surface area contributed by atoms with Gasteiger partial charge in [-0.2, -0.15) is 0 Å². The SMILES string of the molecule is CCCCC(CC)CN1C(=O)/C(=C/c2ccc(F)cc2)SC1=S. The van der Waals surface area contributed by atoms with E-state index >= 15 is 0 Å². The molecular weight excluding hydrogens is 329 g/mol. The molecule has 1 aliphatic rings. The van der Waals surface area contributed by atoms with Gasteiger partial charge in [0.25, 0.3) is 5.91 Å². The topological polar surface area (TPSA) is 20.3 Å². The van der Waals surface area contributed by atoms with Crippen molar-refractivity contribution in [2.45, 2.75) is 39.5 Å². The number of carbonyl (C=O) groups excluding carboxylic acids is 1. The Morgan fingerprint density at radius 2 is 2.00 bits per heavy atom. The van der Waals surface area contributed by atoms with Gasteiger partial charge < -0.3 is 0 Å². The maximum absolute atomic E-state index is 13.0. The normalized spacial score (nSPS) is 18.0.